The monoisotopic (exact) mass is 307 g/mol. The van der Waals surface area contributed by atoms with Gasteiger partial charge in [0.15, 0.2) is 0 Å². The lowest BCUT2D eigenvalue weighted by Gasteiger charge is -2.13. The van der Waals surface area contributed by atoms with E-state index < -0.39 is 0 Å². The van der Waals surface area contributed by atoms with Crippen molar-refractivity contribution in [3.05, 3.63) is 51.3 Å². The van der Waals surface area contributed by atoms with Crippen molar-refractivity contribution in [2.24, 2.45) is 12.8 Å². The van der Waals surface area contributed by atoms with Crippen molar-refractivity contribution < 1.29 is 0 Å². The molecule has 1 aromatic heterocycles. The Bertz CT molecular complexity index is 560. The van der Waals surface area contributed by atoms with E-state index in [1.54, 1.807) is 0 Å². The Kier molecular flexibility index (Phi) is 3.88. The average Bonchev–Trinajstić information content (AvgIpc) is 2.53. The predicted molar refractivity (Wildman–Crippen MR) is 77.5 cm³/mol. The SMILES string of the molecule is Cc1nn(C)c(C)c1C(N)Cc1cccc(Br)c1. The molecule has 1 heterocycles. The van der Waals surface area contributed by atoms with Gasteiger partial charge in [-0.3, -0.25) is 4.68 Å². The summed E-state index contributed by atoms with van der Waals surface area (Å²) in [7, 11) is 1.96. The standard InChI is InChI=1S/C14H18BrN3/c1-9-14(10(2)18(3)17-9)13(16)8-11-5-4-6-12(15)7-11/h4-7,13H,8,16H2,1-3H3. The molecule has 2 N–H and O–H groups in total. The van der Waals surface area contributed by atoms with Crippen LogP contribution >= 0.6 is 15.9 Å². The van der Waals surface area contributed by atoms with Crippen LogP contribution in [0.5, 0.6) is 0 Å². The van der Waals surface area contributed by atoms with E-state index in [0.29, 0.717) is 0 Å². The van der Waals surface area contributed by atoms with Crippen molar-refractivity contribution >= 4 is 15.9 Å². The number of aryl methyl sites for hydroxylation is 2. The molecule has 0 aliphatic rings. The zero-order valence-corrected chi connectivity index (χ0v) is 12.5. The fourth-order valence-corrected chi connectivity index (χ4v) is 2.79. The van der Waals surface area contributed by atoms with E-state index in [2.05, 4.69) is 40.1 Å². The Hall–Kier alpha value is -1.13. The molecule has 3 nitrogen and oxygen atoms in total. The second-order valence-corrected chi connectivity index (χ2v) is 5.56. The van der Waals surface area contributed by atoms with Gasteiger partial charge in [-0.05, 0) is 38.0 Å². The van der Waals surface area contributed by atoms with Crippen LogP contribution in [0.1, 0.15) is 28.6 Å². The van der Waals surface area contributed by atoms with Crippen LogP contribution in [-0.2, 0) is 13.5 Å². The summed E-state index contributed by atoms with van der Waals surface area (Å²) in [5.41, 5.74) is 10.9. The molecule has 1 atom stereocenters. The van der Waals surface area contributed by atoms with Crippen molar-refractivity contribution in [3.63, 3.8) is 0 Å². The summed E-state index contributed by atoms with van der Waals surface area (Å²) in [5.74, 6) is 0. The zero-order valence-electron chi connectivity index (χ0n) is 10.9. The van der Waals surface area contributed by atoms with Gasteiger partial charge in [0.25, 0.3) is 0 Å². The maximum absolute atomic E-state index is 6.32. The van der Waals surface area contributed by atoms with Gasteiger partial charge >= 0.3 is 0 Å². The van der Waals surface area contributed by atoms with Gasteiger partial charge in [0, 0.05) is 28.8 Å². The molecule has 1 aromatic carbocycles. The molecule has 0 aliphatic heterocycles. The van der Waals surface area contributed by atoms with Crippen molar-refractivity contribution in [3.8, 4) is 0 Å². The van der Waals surface area contributed by atoms with Gasteiger partial charge in [0.1, 0.15) is 0 Å². The number of rotatable bonds is 3. The van der Waals surface area contributed by atoms with Crippen LogP contribution in [0.4, 0.5) is 0 Å². The summed E-state index contributed by atoms with van der Waals surface area (Å²) in [6, 6.07) is 8.27. The van der Waals surface area contributed by atoms with Gasteiger partial charge in [-0.2, -0.15) is 5.10 Å². The summed E-state index contributed by atoms with van der Waals surface area (Å²) in [5, 5.41) is 4.42. The van der Waals surface area contributed by atoms with E-state index in [-0.39, 0.29) is 6.04 Å². The van der Waals surface area contributed by atoms with E-state index in [1.165, 1.54) is 5.56 Å². The first-order valence-corrected chi connectivity index (χ1v) is 6.78. The number of benzene rings is 1. The molecule has 0 aliphatic carbocycles. The summed E-state index contributed by atoms with van der Waals surface area (Å²) < 4.78 is 2.98. The molecule has 0 saturated carbocycles. The Morgan fingerprint density at radius 1 is 1.39 bits per heavy atom. The smallest absolute Gasteiger partial charge is 0.0644 e. The highest BCUT2D eigenvalue weighted by Crippen LogP contribution is 2.23. The molecular formula is C14H18BrN3. The third kappa shape index (κ3) is 2.65. The van der Waals surface area contributed by atoms with E-state index in [4.69, 9.17) is 5.73 Å². The van der Waals surface area contributed by atoms with Crippen LogP contribution in [0.3, 0.4) is 0 Å². The van der Waals surface area contributed by atoms with Gasteiger partial charge < -0.3 is 5.73 Å². The molecule has 0 saturated heterocycles. The van der Waals surface area contributed by atoms with Crippen molar-refractivity contribution in [2.75, 3.05) is 0 Å². The van der Waals surface area contributed by atoms with Gasteiger partial charge in [0.05, 0.1) is 5.69 Å². The largest absolute Gasteiger partial charge is 0.324 e. The average molecular weight is 308 g/mol. The molecule has 1 unspecified atom stereocenters. The highest BCUT2D eigenvalue weighted by atomic mass is 79.9. The van der Waals surface area contributed by atoms with Crippen molar-refractivity contribution in [2.45, 2.75) is 26.3 Å². The molecule has 18 heavy (non-hydrogen) atoms. The van der Waals surface area contributed by atoms with Crippen molar-refractivity contribution in [1.29, 1.82) is 0 Å². The quantitative estimate of drug-likeness (QED) is 0.947. The van der Waals surface area contributed by atoms with Crippen LogP contribution in [0, 0.1) is 13.8 Å². The zero-order chi connectivity index (χ0) is 13.3. The molecule has 0 fully saturated rings. The van der Waals surface area contributed by atoms with Gasteiger partial charge in [-0.25, -0.2) is 0 Å². The molecule has 0 amide bonds. The third-order valence-corrected chi connectivity index (χ3v) is 3.77. The summed E-state index contributed by atoms with van der Waals surface area (Å²) in [6.45, 7) is 4.08. The van der Waals surface area contributed by atoms with E-state index in [0.717, 1.165) is 27.8 Å². The fourth-order valence-electron chi connectivity index (χ4n) is 2.35. The fraction of sp³-hybridized carbons (Fsp3) is 0.357. The Morgan fingerprint density at radius 3 is 2.67 bits per heavy atom. The Balaban J connectivity index is 2.24. The second kappa shape index (κ2) is 5.24. The normalized spacial score (nSPS) is 12.7. The lowest BCUT2D eigenvalue weighted by Crippen LogP contribution is -2.15. The van der Waals surface area contributed by atoms with E-state index in [9.17, 15) is 0 Å². The number of nitrogens with zero attached hydrogens (tertiary/aromatic N) is 2. The van der Waals surface area contributed by atoms with E-state index in [1.807, 2.05) is 30.8 Å². The predicted octanol–water partition coefficient (Wildman–Crippen LogP) is 3.04. The summed E-state index contributed by atoms with van der Waals surface area (Å²) in [4.78, 5) is 0. The first-order chi connectivity index (χ1) is 8.49. The second-order valence-electron chi connectivity index (χ2n) is 4.65. The summed E-state index contributed by atoms with van der Waals surface area (Å²) in [6.07, 6.45) is 0.826. The minimum Gasteiger partial charge on any atom is -0.324 e. The summed E-state index contributed by atoms with van der Waals surface area (Å²) >= 11 is 3.48. The molecular weight excluding hydrogens is 290 g/mol. The maximum Gasteiger partial charge on any atom is 0.0644 e. The molecule has 4 heteroatoms. The molecule has 2 rings (SSSR count). The number of hydrogen-bond acceptors (Lipinski definition) is 2. The third-order valence-electron chi connectivity index (χ3n) is 3.28. The van der Waals surface area contributed by atoms with Gasteiger partial charge in [0.2, 0.25) is 0 Å². The molecule has 0 spiro atoms. The van der Waals surface area contributed by atoms with Gasteiger partial charge in [-0.1, -0.05) is 28.1 Å². The number of halogens is 1. The minimum absolute atomic E-state index is 0.00648. The van der Waals surface area contributed by atoms with Crippen LogP contribution in [0.25, 0.3) is 0 Å². The highest BCUT2D eigenvalue weighted by Gasteiger charge is 2.17. The lowest BCUT2D eigenvalue weighted by atomic mass is 9.98. The molecule has 0 radical (unpaired) electrons. The molecule has 0 bridgehead atoms. The lowest BCUT2D eigenvalue weighted by molar-refractivity contribution is 0.700. The molecule has 96 valence electrons. The van der Waals surface area contributed by atoms with Crippen molar-refractivity contribution in [1.82, 2.24) is 9.78 Å². The number of nitrogens with two attached hydrogens (primary N) is 1. The topological polar surface area (TPSA) is 43.8 Å². The van der Waals surface area contributed by atoms with E-state index >= 15 is 0 Å². The Morgan fingerprint density at radius 2 is 2.11 bits per heavy atom. The minimum atomic E-state index is -0.00648. The number of aromatic nitrogens is 2. The van der Waals surface area contributed by atoms with Gasteiger partial charge in [-0.15, -0.1) is 0 Å². The van der Waals surface area contributed by atoms with Crippen LogP contribution in [-0.4, -0.2) is 9.78 Å². The molecule has 2 aromatic rings. The highest BCUT2D eigenvalue weighted by molar-refractivity contribution is 9.10. The van der Waals surface area contributed by atoms with Crippen LogP contribution in [0.15, 0.2) is 28.7 Å². The first-order valence-electron chi connectivity index (χ1n) is 5.99. The first kappa shape index (κ1) is 13.3. The van der Waals surface area contributed by atoms with Crippen LogP contribution < -0.4 is 5.73 Å². The number of hydrogen-bond donors (Lipinski definition) is 1. The van der Waals surface area contributed by atoms with Crippen LogP contribution in [0.2, 0.25) is 0 Å². The maximum atomic E-state index is 6.32. The Labute approximate surface area is 116 Å².